The third kappa shape index (κ3) is 6.35. The first kappa shape index (κ1) is 18.4. The number of carboxylic acid groups (broad SMARTS) is 1. The van der Waals surface area contributed by atoms with Crippen LogP contribution in [-0.4, -0.2) is 36.4 Å². The van der Waals surface area contributed by atoms with Crippen LogP contribution in [0.5, 0.6) is 0 Å². The Balaban J connectivity index is 2.41. The fourth-order valence-electron chi connectivity index (χ4n) is 3.28. The largest absolute Gasteiger partial charge is 0.480 e. The average Bonchev–Trinajstić information content (AvgIpc) is 2.41. The summed E-state index contributed by atoms with van der Waals surface area (Å²) in [5.41, 5.74) is 0. The molecule has 0 heterocycles. The summed E-state index contributed by atoms with van der Waals surface area (Å²) in [7, 11) is 0. The number of ether oxygens (including phenoxy) is 1. The maximum atomic E-state index is 11.2. The summed E-state index contributed by atoms with van der Waals surface area (Å²) in [5, 5.41) is 12.3. The van der Waals surface area contributed by atoms with E-state index in [9.17, 15) is 9.90 Å². The highest BCUT2D eigenvalue weighted by molar-refractivity contribution is 5.73. The topological polar surface area (TPSA) is 58.6 Å². The van der Waals surface area contributed by atoms with Crippen LogP contribution in [-0.2, 0) is 9.53 Å². The molecule has 0 aromatic heterocycles. The zero-order valence-electron chi connectivity index (χ0n) is 14.1. The molecular weight excluding hydrogens is 266 g/mol. The van der Waals surface area contributed by atoms with Crippen LogP contribution in [0.15, 0.2) is 0 Å². The number of rotatable bonds is 9. The van der Waals surface area contributed by atoms with Crippen LogP contribution < -0.4 is 5.32 Å². The maximum absolute atomic E-state index is 11.2. The maximum Gasteiger partial charge on any atom is 0.320 e. The quantitative estimate of drug-likeness (QED) is 0.686. The van der Waals surface area contributed by atoms with E-state index in [1.165, 1.54) is 12.8 Å². The molecule has 0 aromatic rings. The monoisotopic (exact) mass is 299 g/mol. The summed E-state index contributed by atoms with van der Waals surface area (Å²) in [5.74, 6) is 1.20. The van der Waals surface area contributed by atoms with Crippen LogP contribution >= 0.6 is 0 Å². The first-order valence-electron chi connectivity index (χ1n) is 8.53. The Labute approximate surface area is 129 Å². The molecule has 1 saturated carbocycles. The Morgan fingerprint density at radius 3 is 2.67 bits per heavy atom. The van der Waals surface area contributed by atoms with E-state index in [0.29, 0.717) is 31.0 Å². The van der Waals surface area contributed by atoms with Gasteiger partial charge in [0.25, 0.3) is 0 Å². The number of hydrogen-bond donors (Lipinski definition) is 2. The van der Waals surface area contributed by atoms with Crippen molar-refractivity contribution in [3.63, 3.8) is 0 Å². The molecule has 2 N–H and O–H groups in total. The molecule has 0 bridgehead atoms. The lowest BCUT2D eigenvalue weighted by Gasteiger charge is -2.37. The van der Waals surface area contributed by atoms with E-state index in [0.717, 1.165) is 25.3 Å². The van der Waals surface area contributed by atoms with Gasteiger partial charge in [-0.2, -0.15) is 0 Å². The first-order valence-corrected chi connectivity index (χ1v) is 8.53. The van der Waals surface area contributed by atoms with Crippen LogP contribution in [0.1, 0.15) is 59.8 Å². The Bertz CT molecular complexity index is 306. The van der Waals surface area contributed by atoms with Gasteiger partial charge in [0.2, 0.25) is 0 Å². The molecule has 4 atom stereocenters. The van der Waals surface area contributed by atoms with Crippen LogP contribution in [0.3, 0.4) is 0 Å². The molecule has 124 valence electrons. The molecule has 21 heavy (non-hydrogen) atoms. The van der Waals surface area contributed by atoms with Crippen molar-refractivity contribution < 1.29 is 14.6 Å². The van der Waals surface area contributed by atoms with Gasteiger partial charge < -0.3 is 15.2 Å². The van der Waals surface area contributed by atoms with E-state index in [-0.39, 0.29) is 0 Å². The zero-order valence-corrected chi connectivity index (χ0v) is 14.1. The van der Waals surface area contributed by atoms with Gasteiger partial charge in [0.1, 0.15) is 6.04 Å². The van der Waals surface area contributed by atoms with E-state index < -0.39 is 12.0 Å². The molecular formula is C17H33NO3. The summed E-state index contributed by atoms with van der Waals surface area (Å²) in [4.78, 5) is 11.2. The highest BCUT2D eigenvalue weighted by Gasteiger charge is 2.31. The van der Waals surface area contributed by atoms with Crippen molar-refractivity contribution in [2.75, 3.05) is 13.2 Å². The Hall–Kier alpha value is -0.610. The van der Waals surface area contributed by atoms with Crippen LogP contribution in [0.4, 0.5) is 0 Å². The van der Waals surface area contributed by atoms with E-state index in [2.05, 4.69) is 26.1 Å². The minimum absolute atomic E-state index is 0.300. The second kappa shape index (κ2) is 9.42. The van der Waals surface area contributed by atoms with Crippen molar-refractivity contribution >= 4 is 5.97 Å². The van der Waals surface area contributed by atoms with Gasteiger partial charge in [-0.3, -0.25) is 4.79 Å². The minimum Gasteiger partial charge on any atom is -0.480 e. The van der Waals surface area contributed by atoms with Crippen molar-refractivity contribution in [2.24, 2.45) is 17.8 Å². The summed E-state index contributed by atoms with van der Waals surface area (Å²) >= 11 is 0. The minimum atomic E-state index is -0.774. The highest BCUT2D eigenvalue weighted by atomic mass is 16.5. The Morgan fingerprint density at radius 1 is 1.38 bits per heavy atom. The van der Waals surface area contributed by atoms with Crippen molar-refractivity contribution in [2.45, 2.75) is 71.9 Å². The van der Waals surface area contributed by atoms with E-state index >= 15 is 0 Å². The molecule has 0 aliphatic heterocycles. The molecule has 1 aliphatic rings. The van der Waals surface area contributed by atoms with Crippen LogP contribution in [0.2, 0.25) is 0 Å². The zero-order chi connectivity index (χ0) is 15.8. The Morgan fingerprint density at radius 2 is 2.10 bits per heavy atom. The smallest absolute Gasteiger partial charge is 0.320 e. The fourth-order valence-corrected chi connectivity index (χ4v) is 3.28. The van der Waals surface area contributed by atoms with Crippen LogP contribution in [0, 0.1) is 17.8 Å². The van der Waals surface area contributed by atoms with Crippen molar-refractivity contribution in [1.82, 2.24) is 5.32 Å². The lowest BCUT2D eigenvalue weighted by molar-refractivity contribution is -0.140. The predicted octanol–water partition coefficient (Wildman–Crippen LogP) is 3.31. The van der Waals surface area contributed by atoms with Gasteiger partial charge in [-0.15, -0.1) is 0 Å². The summed E-state index contributed by atoms with van der Waals surface area (Å²) in [6, 6.07) is -0.483. The molecule has 1 fully saturated rings. The summed E-state index contributed by atoms with van der Waals surface area (Å²) in [6.45, 7) is 10.1. The summed E-state index contributed by atoms with van der Waals surface area (Å²) < 4.78 is 6.08. The molecule has 1 aliphatic carbocycles. The lowest BCUT2D eigenvalue weighted by Crippen LogP contribution is -2.39. The molecule has 0 spiro atoms. The van der Waals surface area contributed by atoms with Crippen LogP contribution in [0.25, 0.3) is 0 Å². The number of carboxylic acids is 1. The van der Waals surface area contributed by atoms with Gasteiger partial charge in [-0.05, 0) is 50.0 Å². The lowest BCUT2D eigenvalue weighted by atomic mass is 9.75. The SMILES string of the molecule is CCCNC(CCOC1CC(C)CCC1C(C)C)C(=O)O. The average molecular weight is 299 g/mol. The number of hydrogen-bond acceptors (Lipinski definition) is 3. The molecule has 0 aromatic carbocycles. The predicted molar refractivity (Wildman–Crippen MR) is 85.4 cm³/mol. The Kier molecular flexibility index (Phi) is 8.27. The third-order valence-electron chi connectivity index (χ3n) is 4.64. The van der Waals surface area contributed by atoms with E-state index in [1.807, 2.05) is 6.92 Å². The van der Waals surface area contributed by atoms with Gasteiger partial charge in [-0.1, -0.05) is 34.1 Å². The summed E-state index contributed by atoms with van der Waals surface area (Å²) in [6.07, 6.45) is 5.43. The second-order valence-electron chi connectivity index (χ2n) is 6.87. The first-order chi connectivity index (χ1) is 9.95. The van der Waals surface area contributed by atoms with Crippen molar-refractivity contribution in [3.8, 4) is 0 Å². The normalized spacial score (nSPS) is 27.8. The molecule has 4 heteroatoms. The molecule has 4 nitrogen and oxygen atoms in total. The molecule has 0 radical (unpaired) electrons. The standard InChI is InChI=1S/C17H33NO3/c1-5-9-18-15(17(19)20)8-10-21-16-11-13(4)6-7-14(16)12(2)3/h12-16,18H,5-11H2,1-4H3,(H,19,20). The molecule has 0 saturated heterocycles. The van der Waals surface area contributed by atoms with Gasteiger partial charge in [0.15, 0.2) is 0 Å². The highest BCUT2D eigenvalue weighted by Crippen LogP contribution is 2.35. The van der Waals surface area contributed by atoms with Crippen molar-refractivity contribution in [3.05, 3.63) is 0 Å². The van der Waals surface area contributed by atoms with E-state index in [1.54, 1.807) is 0 Å². The van der Waals surface area contributed by atoms with Crippen molar-refractivity contribution in [1.29, 1.82) is 0 Å². The molecule has 4 unspecified atom stereocenters. The number of carbonyl (C=O) groups is 1. The fraction of sp³-hybridized carbons (Fsp3) is 0.941. The second-order valence-corrected chi connectivity index (χ2v) is 6.87. The molecule has 1 rings (SSSR count). The van der Waals surface area contributed by atoms with Gasteiger partial charge in [0.05, 0.1) is 6.10 Å². The van der Waals surface area contributed by atoms with Gasteiger partial charge in [-0.25, -0.2) is 0 Å². The van der Waals surface area contributed by atoms with Gasteiger partial charge in [0, 0.05) is 6.61 Å². The number of aliphatic carboxylic acids is 1. The number of nitrogens with one attached hydrogen (secondary N) is 1. The molecule has 0 amide bonds. The van der Waals surface area contributed by atoms with Gasteiger partial charge >= 0.3 is 5.97 Å². The van der Waals surface area contributed by atoms with E-state index in [4.69, 9.17) is 4.74 Å². The third-order valence-corrected chi connectivity index (χ3v) is 4.64.